The summed E-state index contributed by atoms with van der Waals surface area (Å²) >= 11 is 1.42. The fourth-order valence-corrected chi connectivity index (χ4v) is 4.01. The second-order valence-corrected chi connectivity index (χ2v) is 7.58. The molecule has 0 spiro atoms. The van der Waals surface area contributed by atoms with Crippen LogP contribution in [-0.4, -0.2) is 30.9 Å². The van der Waals surface area contributed by atoms with Crippen molar-refractivity contribution in [1.82, 2.24) is 4.90 Å². The predicted octanol–water partition coefficient (Wildman–Crippen LogP) is 4.16. The fraction of sp³-hybridized carbons (Fsp3) is 0.130. The van der Waals surface area contributed by atoms with Crippen LogP contribution in [0.4, 0.5) is 5.69 Å². The highest BCUT2D eigenvalue weighted by Crippen LogP contribution is 2.34. The average molecular weight is 420 g/mol. The van der Waals surface area contributed by atoms with E-state index in [0.29, 0.717) is 17.0 Å². The lowest BCUT2D eigenvalue weighted by molar-refractivity contribution is -0.137. The molecule has 2 amide bonds. The van der Waals surface area contributed by atoms with Gasteiger partial charge in [-0.05, 0) is 41.3 Å². The first-order chi connectivity index (χ1) is 14.6. The standard InChI is InChI=1S/C23H20N2O4S/c1-28-17-10-8-15(9-11-17)14-25-22(26)20(19-7-4-12-30-19)21(23(25)27)24-16-5-3-6-18(13-16)29-2/h3-13,24H,14H2,1-2H3. The molecule has 2 heterocycles. The number of carbonyl (C=O) groups excluding carboxylic acids is 2. The van der Waals surface area contributed by atoms with Gasteiger partial charge in [-0.3, -0.25) is 14.5 Å². The predicted molar refractivity (Wildman–Crippen MR) is 116 cm³/mol. The molecule has 1 aromatic heterocycles. The summed E-state index contributed by atoms with van der Waals surface area (Å²) in [6.45, 7) is 0.180. The first kappa shape index (κ1) is 19.7. The maximum Gasteiger partial charge on any atom is 0.278 e. The quantitative estimate of drug-likeness (QED) is 0.582. The number of amides is 2. The molecule has 0 bridgehead atoms. The molecule has 0 aliphatic carbocycles. The Hall–Kier alpha value is -3.58. The number of nitrogens with one attached hydrogen (secondary N) is 1. The molecule has 1 aliphatic heterocycles. The molecule has 4 rings (SSSR count). The van der Waals surface area contributed by atoms with Crippen LogP contribution in [0.2, 0.25) is 0 Å². The summed E-state index contributed by atoms with van der Waals surface area (Å²) in [5.41, 5.74) is 2.16. The van der Waals surface area contributed by atoms with Gasteiger partial charge in [-0.1, -0.05) is 24.3 Å². The third-order valence-corrected chi connectivity index (χ3v) is 5.66. The smallest absolute Gasteiger partial charge is 0.278 e. The number of imide groups is 1. The van der Waals surface area contributed by atoms with Gasteiger partial charge in [-0.2, -0.15) is 0 Å². The second kappa shape index (κ2) is 8.42. The third kappa shape index (κ3) is 3.79. The molecule has 2 aromatic carbocycles. The van der Waals surface area contributed by atoms with Gasteiger partial charge >= 0.3 is 0 Å². The van der Waals surface area contributed by atoms with Crippen molar-refractivity contribution in [2.24, 2.45) is 0 Å². The minimum Gasteiger partial charge on any atom is -0.497 e. The van der Waals surface area contributed by atoms with Crippen LogP contribution in [0.3, 0.4) is 0 Å². The van der Waals surface area contributed by atoms with Crippen molar-refractivity contribution in [2.45, 2.75) is 6.54 Å². The Balaban J connectivity index is 1.67. The number of thiophene rings is 1. The number of rotatable bonds is 7. The molecule has 152 valence electrons. The highest BCUT2D eigenvalue weighted by atomic mass is 32.1. The van der Waals surface area contributed by atoms with Gasteiger partial charge in [0.1, 0.15) is 17.2 Å². The number of nitrogens with zero attached hydrogens (tertiary/aromatic N) is 1. The van der Waals surface area contributed by atoms with Crippen molar-refractivity contribution in [1.29, 1.82) is 0 Å². The SMILES string of the molecule is COc1ccc(CN2C(=O)C(Nc3cccc(OC)c3)=C(c3cccs3)C2=O)cc1. The first-order valence-electron chi connectivity index (χ1n) is 9.29. The molecule has 6 nitrogen and oxygen atoms in total. The Labute approximate surface area is 178 Å². The van der Waals surface area contributed by atoms with Gasteiger partial charge in [-0.15, -0.1) is 11.3 Å². The molecule has 30 heavy (non-hydrogen) atoms. The first-order valence-corrected chi connectivity index (χ1v) is 10.2. The molecule has 0 saturated heterocycles. The lowest BCUT2D eigenvalue weighted by atomic mass is 10.1. The maximum absolute atomic E-state index is 13.2. The van der Waals surface area contributed by atoms with Gasteiger partial charge in [0.25, 0.3) is 11.8 Å². The molecular weight excluding hydrogens is 400 g/mol. The van der Waals surface area contributed by atoms with E-state index in [1.54, 1.807) is 20.3 Å². The topological polar surface area (TPSA) is 67.9 Å². The highest BCUT2D eigenvalue weighted by molar-refractivity contribution is 7.11. The van der Waals surface area contributed by atoms with E-state index in [1.165, 1.54) is 16.2 Å². The lowest BCUT2D eigenvalue weighted by Crippen LogP contribution is -2.31. The number of benzene rings is 2. The summed E-state index contributed by atoms with van der Waals surface area (Å²) in [5.74, 6) is 0.700. The molecule has 0 atom stereocenters. The molecule has 0 radical (unpaired) electrons. The van der Waals surface area contributed by atoms with Crippen LogP contribution in [0.15, 0.2) is 71.7 Å². The number of ether oxygens (including phenoxy) is 2. The molecule has 7 heteroatoms. The van der Waals surface area contributed by atoms with Crippen molar-refractivity contribution < 1.29 is 19.1 Å². The van der Waals surface area contributed by atoms with Crippen LogP contribution in [0.5, 0.6) is 11.5 Å². The molecule has 3 aromatic rings. The monoisotopic (exact) mass is 420 g/mol. The van der Waals surface area contributed by atoms with E-state index in [-0.39, 0.29) is 24.1 Å². The van der Waals surface area contributed by atoms with Crippen LogP contribution in [0, 0.1) is 0 Å². The zero-order chi connectivity index (χ0) is 21.1. The van der Waals surface area contributed by atoms with Crippen molar-refractivity contribution in [3.8, 4) is 11.5 Å². The van der Waals surface area contributed by atoms with Crippen molar-refractivity contribution in [3.63, 3.8) is 0 Å². The van der Waals surface area contributed by atoms with Gasteiger partial charge in [0.05, 0.1) is 26.3 Å². The maximum atomic E-state index is 13.2. The van der Waals surface area contributed by atoms with Gasteiger partial charge in [0.15, 0.2) is 0 Å². The molecule has 0 saturated carbocycles. The molecule has 1 aliphatic rings. The van der Waals surface area contributed by atoms with E-state index < -0.39 is 0 Å². The number of carbonyl (C=O) groups is 2. The summed E-state index contributed by atoms with van der Waals surface area (Å²) in [4.78, 5) is 28.5. The number of methoxy groups -OCH3 is 2. The summed E-state index contributed by atoms with van der Waals surface area (Å²) in [5, 5.41) is 5.03. The minimum absolute atomic E-state index is 0.180. The normalized spacial score (nSPS) is 13.7. The third-order valence-electron chi connectivity index (χ3n) is 4.77. The summed E-state index contributed by atoms with van der Waals surface area (Å²) in [6, 6.07) is 18.3. The van der Waals surface area contributed by atoms with E-state index in [9.17, 15) is 9.59 Å². The zero-order valence-corrected chi connectivity index (χ0v) is 17.4. The van der Waals surface area contributed by atoms with Crippen LogP contribution in [0.1, 0.15) is 10.4 Å². The minimum atomic E-state index is -0.359. The van der Waals surface area contributed by atoms with Gasteiger partial charge in [0, 0.05) is 16.6 Å². The fourth-order valence-electron chi connectivity index (χ4n) is 3.24. The van der Waals surface area contributed by atoms with Crippen LogP contribution >= 0.6 is 11.3 Å². The Morgan fingerprint density at radius 3 is 2.33 bits per heavy atom. The van der Waals surface area contributed by atoms with Crippen molar-refractivity contribution in [2.75, 3.05) is 19.5 Å². The zero-order valence-electron chi connectivity index (χ0n) is 16.5. The van der Waals surface area contributed by atoms with E-state index >= 15 is 0 Å². The molecule has 0 unspecified atom stereocenters. The Morgan fingerprint density at radius 1 is 0.900 bits per heavy atom. The van der Waals surface area contributed by atoms with E-state index in [1.807, 2.05) is 60.0 Å². The Bertz CT molecular complexity index is 1100. The van der Waals surface area contributed by atoms with E-state index in [4.69, 9.17) is 9.47 Å². The number of anilines is 1. The molecular formula is C23H20N2O4S. The van der Waals surface area contributed by atoms with Crippen LogP contribution in [0.25, 0.3) is 5.57 Å². The second-order valence-electron chi connectivity index (χ2n) is 6.63. The van der Waals surface area contributed by atoms with E-state index in [0.717, 1.165) is 16.2 Å². The Morgan fingerprint density at radius 2 is 1.67 bits per heavy atom. The van der Waals surface area contributed by atoms with Gasteiger partial charge < -0.3 is 14.8 Å². The van der Waals surface area contributed by atoms with Crippen LogP contribution < -0.4 is 14.8 Å². The number of hydrogen-bond acceptors (Lipinski definition) is 6. The summed E-state index contributed by atoms with van der Waals surface area (Å²) in [7, 11) is 3.17. The Kier molecular flexibility index (Phi) is 5.54. The highest BCUT2D eigenvalue weighted by Gasteiger charge is 2.39. The van der Waals surface area contributed by atoms with Crippen molar-refractivity contribution >= 4 is 34.4 Å². The number of hydrogen-bond donors (Lipinski definition) is 1. The van der Waals surface area contributed by atoms with Gasteiger partial charge in [-0.25, -0.2) is 0 Å². The van der Waals surface area contributed by atoms with Crippen LogP contribution in [-0.2, 0) is 16.1 Å². The lowest BCUT2D eigenvalue weighted by Gasteiger charge is -2.16. The summed E-state index contributed by atoms with van der Waals surface area (Å²) in [6.07, 6.45) is 0. The molecule has 1 N–H and O–H groups in total. The van der Waals surface area contributed by atoms with E-state index in [2.05, 4.69) is 5.32 Å². The summed E-state index contributed by atoms with van der Waals surface area (Å²) < 4.78 is 10.4. The average Bonchev–Trinajstić information content (AvgIpc) is 3.38. The van der Waals surface area contributed by atoms with Crippen molar-refractivity contribution in [3.05, 3.63) is 82.2 Å². The van der Waals surface area contributed by atoms with Gasteiger partial charge in [0.2, 0.25) is 0 Å². The molecule has 0 fully saturated rings. The largest absolute Gasteiger partial charge is 0.497 e.